The largest absolute Gasteiger partial charge is 0.484 e. The first-order valence-corrected chi connectivity index (χ1v) is 6.78. The maximum Gasteiger partial charge on any atom is 0.258 e. The third-order valence-corrected chi connectivity index (χ3v) is 3.22. The number of rotatable bonds is 6. The summed E-state index contributed by atoms with van der Waals surface area (Å²) >= 11 is 0. The number of nitrogens with two attached hydrogens (primary N) is 1. The van der Waals surface area contributed by atoms with Crippen molar-refractivity contribution in [2.45, 2.75) is 39.8 Å². The average Bonchev–Trinajstić information content (AvgIpc) is 2.35. The highest BCUT2D eigenvalue weighted by molar-refractivity contribution is 5.77. The van der Waals surface area contributed by atoms with Crippen molar-refractivity contribution >= 4 is 5.91 Å². The Morgan fingerprint density at radius 3 is 2.50 bits per heavy atom. The van der Waals surface area contributed by atoms with Gasteiger partial charge in [-0.05, 0) is 25.8 Å². The number of carbonyl (C=O) groups excluding carboxylic acids is 1. The summed E-state index contributed by atoms with van der Waals surface area (Å²) in [5, 5.41) is 2.82. The molecule has 0 saturated heterocycles. The first-order chi connectivity index (χ1) is 9.31. The molecule has 112 valence electrons. The molecule has 1 unspecified atom stereocenters. The number of amides is 1. The van der Waals surface area contributed by atoms with E-state index in [0.29, 0.717) is 17.2 Å². The summed E-state index contributed by atoms with van der Waals surface area (Å²) in [4.78, 5) is 11.6. The molecule has 1 rings (SSSR count). The van der Waals surface area contributed by atoms with E-state index in [4.69, 9.17) is 10.5 Å². The van der Waals surface area contributed by atoms with Crippen molar-refractivity contribution < 1.29 is 13.9 Å². The molecule has 2 atom stereocenters. The molecular weight excluding hydrogens is 259 g/mol. The summed E-state index contributed by atoms with van der Waals surface area (Å²) in [5.41, 5.74) is 6.05. The van der Waals surface area contributed by atoms with E-state index in [1.165, 1.54) is 6.07 Å². The fourth-order valence-corrected chi connectivity index (χ4v) is 1.58. The van der Waals surface area contributed by atoms with E-state index in [0.717, 1.165) is 0 Å². The van der Waals surface area contributed by atoms with Gasteiger partial charge in [-0.3, -0.25) is 4.79 Å². The van der Waals surface area contributed by atoms with Gasteiger partial charge in [0.1, 0.15) is 11.6 Å². The van der Waals surface area contributed by atoms with Gasteiger partial charge >= 0.3 is 0 Å². The number of nitrogens with one attached hydrogen (secondary N) is 1. The summed E-state index contributed by atoms with van der Waals surface area (Å²) in [7, 11) is 0. The molecule has 0 aliphatic carbocycles. The molecule has 5 heteroatoms. The lowest BCUT2D eigenvalue weighted by Crippen LogP contribution is -2.38. The fraction of sp³-hybridized carbons (Fsp3) is 0.533. The molecule has 0 spiro atoms. The van der Waals surface area contributed by atoms with Crippen molar-refractivity contribution in [1.29, 1.82) is 0 Å². The Bertz CT molecular complexity index is 461. The summed E-state index contributed by atoms with van der Waals surface area (Å²) < 4.78 is 19.0. The van der Waals surface area contributed by atoms with E-state index in [2.05, 4.69) is 5.32 Å². The summed E-state index contributed by atoms with van der Waals surface area (Å²) in [6.07, 6.45) is 0. The second-order valence-corrected chi connectivity index (χ2v) is 5.36. The summed E-state index contributed by atoms with van der Waals surface area (Å²) in [5.74, 6) is 0.0253. The van der Waals surface area contributed by atoms with E-state index in [1.807, 2.05) is 20.8 Å². The average molecular weight is 282 g/mol. The smallest absolute Gasteiger partial charge is 0.258 e. The van der Waals surface area contributed by atoms with Crippen molar-refractivity contribution in [3.8, 4) is 5.75 Å². The minimum absolute atomic E-state index is 0.0725. The number of carbonyl (C=O) groups is 1. The molecule has 20 heavy (non-hydrogen) atoms. The van der Waals surface area contributed by atoms with Crippen molar-refractivity contribution in [2.75, 3.05) is 6.61 Å². The van der Waals surface area contributed by atoms with Crippen LogP contribution in [-0.4, -0.2) is 18.6 Å². The van der Waals surface area contributed by atoms with Gasteiger partial charge < -0.3 is 15.8 Å². The van der Waals surface area contributed by atoms with Gasteiger partial charge in [-0.2, -0.15) is 0 Å². The van der Waals surface area contributed by atoms with Gasteiger partial charge in [0.05, 0.1) is 0 Å². The van der Waals surface area contributed by atoms with Crippen LogP contribution in [0.4, 0.5) is 4.39 Å². The van der Waals surface area contributed by atoms with Gasteiger partial charge in [-0.1, -0.05) is 19.9 Å². The molecule has 0 fully saturated rings. The van der Waals surface area contributed by atoms with E-state index >= 15 is 0 Å². The van der Waals surface area contributed by atoms with Crippen LogP contribution in [0.1, 0.15) is 39.3 Å². The minimum atomic E-state index is -0.423. The Labute approximate surface area is 119 Å². The predicted octanol–water partition coefficient (Wildman–Crippen LogP) is 2.38. The lowest BCUT2D eigenvalue weighted by Gasteiger charge is -2.17. The quantitative estimate of drug-likeness (QED) is 0.842. The first-order valence-electron chi connectivity index (χ1n) is 6.78. The Hall–Kier alpha value is -1.62. The molecule has 1 aromatic carbocycles. The first kappa shape index (κ1) is 16.4. The van der Waals surface area contributed by atoms with Crippen LogP contribution in [0.2, 0.25) is 0 Å². The Balaban J connectivity index is 2.54. The molecule has 0 heterocycles. The number of ether oxygens (including phenoxy) is 1. The molecule has 0 saturated carbocycles. The van der Waals surface area contributed by atoms with Crippen molar-refractivity contribution in [2.24, 2.45) is 11.7 Å². The highest BCUT2D eigenvalue weighted by Gasteiger charge is 2.12. The number of hydrogen-bond acceptors (Lipinski definition) is 3. The van der Waals surface area contributed by atoms with Crippen LogP contribution in [0.3, 0.4) is 0 Å². The number of benzene rings is 1. The predicted molar refractivity (Wildman–Crippen MR) is 76.9 cm³/mol. The Kier molecular flexibility index (Phi) is 5.95. The summed E-state index contributed by atoms with van der Waals surface area (Å²) in [6, 6.07) is 4.13. The fourth-order valence-electron chi connectivity index (χ4n) is 1.58. The molecule has 3 N–H and O–H groups in total. The van der Waals surface area contributed by atoms with Gasteiger partial charge in [-0.15, -0.1) is 0 Å². The number of hydrogen-bond donors (Lipinski definition) is 2. The zero-order chi connectivity index (χ0) is 15.3. The van der Waals surface area contributed by atoms with Crippen LogP contribution in [0.25, 0.3) is 0 Å². The van der Waals surface area contributed by atoms with Gasteiger partial charge in [0.25, 0.3) is 5.91 Å². The normalized spacial score (nSPS) is 13.9. The lowest BCUT2D eigenvalue weighted by atomic mass is 10.1. The van der Waals surface area contributed by atoms with Gasteiger partial charge in [0.2, 0.25) is 0 Å². The monoisotopic (exact) mass is 282 g/mol. The van der Waals surface area contributed by atoms with Crippen molar-refractivity contribution in [3.63, 3.8) is 0 Å². The second kappa shape index (κ2) is 7.24. The van der Waals surface area contributed by atoms with Crippen molar-refractivity contribution in [1.82, 2.24) is 5.32 Å². The number of halogens is 1. The van der Waals surface area contributed by atoms with Crippen LogP contribution in [-0.2, 0) is 4.79 Å². The molecular formula is C15H23FN2O2. The topological polar surface area (TPSA) is 64.3 Å². The molecule has 0 radical (unpaired) electrons. The van der Waals surface area contributed by atoms with Crippen LogP contribution in [0.5, 0.6) is 5.75 Å². The lowest BCUT2D eigenvalue weighted by molar-refractivity contribution is -0.124. The highest BCUT2D eigenvalue weighted by atomic mass is 19.1. The molecule has 4 nitrogen and oxygen atoms in total. The SMILES string of the molecule is CC(C)C(C)NC(=O)COc1ccc([C@H](C)N)c(F)c1. The van der Waals surface area contributed by atoms with Crippen LogP contribution >= 0.6 is 0 Å². The second-order valence-electron chi connectivity index (χ2n) is 5.36. The maximum atomic E-state index is 13.7. The molecule has 0 aromatic heterocycles. The van der Waals surface area contributed by atoms with Gasteiger partial charge in [-0.25, -0.2) is 4.39 Å². The van der Waals surface area contributed by atoms with Gasteiger partial charge in [0.15, 0.2) is 6.61 Å². The third kappa shape index (κ3) is 4.81. The van der Waals surface area contributed by atoms with E-state index in [1.54, 1.807) is 19.1 Å². The molecule has 1 aromatic rings. The van der Waals surface area contributed by atoms with Crippen molar-refractivity contribution in [3.05, 3.63) is 29.6 Å². The zero-order valence-electron chi connectivity index (χ0n) is 12.4. The van der Waals surface area contributed by atoms with E-state index in [9.17, 15) is 9.18 Å². The standard InChI is InChI=1S/C15H23FN2O2/c1-9(2)11(4)18-15(19)8-20-12-5-6-13(10(3)17)14(16)7-12/h5-7,9-11H,8,17H2,1-4H3,(H,18,19)/t10-,11?/m0/s1. The van der Waals surface area contributed by atoms with Crippen LogP contribution in [0, 0.1) is 11.7 Å². The minimum Gasteiger partial charge on any atom is -0.484 e. The molecule has 1 amide bonds. The molecule has 0 bridgehead atoms. The zero-order valence-corrected chi connectivity index (χ0v) is 12.4. The highest BCUT2D eigenvalue weighted by Crippen LogP contribution is 2.20. The van der Waals surface area contributed by atoms with E-state index in [-0.39, 0.29) is 24.6 Å². The van der Waals surface area contributed by atoms with E-state index < -0.39 is 5.82 Å². The Morgan fingerprint density at radius 1 is 1.35 bits per heavy atom. The molecule has 0 aliphatic heterocycles. The summed E-state index contributed by atoms with van der Waals surface area (Å²) in [6.45, 7) is 7.55. The van der Waals surface area contributed by atoms with Crippen LogP contribution < -0.4 is 15.8 Å². The van der Waals surface area contributed by atoms with Crippen LogP contribution in [0.15, 0.2) is 18.2 Å². The molecule has 0 aliphatic rings. The third-order valence-electron chi connectivity index (χ3n) is 3.22. The van der Waals surface area contributed by atoms with Gasteiger partial charge in [0, 0.05) is 23.7 Å². The maximum absolute atomic E-state index is 13.7. The Morgan fingerprint density at radius 2 is 2.00 bits per heavy atom.